The predicted molar refractivity (Wildman–Crippen MR) is 172 cm³/mol. The summed E-state index contributed by atoms with van der Waals surface area (Å²) in [5, 5.41) is 12.5. The van der Waals surface area contributed by atoms with Gasteiger partial charge in [-0.2, -0.15) is 15.2 Å². The number of ether oxygens (including phenoxy) is 1. The Morgan fingerprint density at radius 1 is 1.09 bits per heavy atom. The average Bonchev–Trinajstić information content (AvgIpc) is 3.63. The highest BCUT2D eigenvalue weighted by molar-refractivity contribution is 6.36. The molecule has 44 heavy (non-hydrogen) atoms. The molecule has 1 atom stereocenters. The Labute approximate surface area is 263 Å². The Morgan fingerprint density at radius 2 is 1.89 bits per heavy atom. The first-order chi connectivity index (χ1) is 21.5. The molecule has 228 valence electrons. The fourth-order valence-electron chi connectivity index (χ4n) is 7.28. The van der Waals surface area contributed by atoms with Crippen LogP contribution in [0.15, 0.2) is 49.1 Å². The number of anilines is 2. The van der Waals surface area contributed by atoms with Crippen molar-refractivity contribution in [1.82, 2.24) is 19.8 Å². The third-order valence-corrected chi connectivity index (χ3v) is 10.2. The zero-order chi connectivity index (χ0) is 30.3. The Hall–Kier alpha value is -3.87. The van der Waals surface area contributed by atoms with E-state index >= 15 is 0 Å². The number of piperazine rings is 1. The molecule has 2 saturated heterocycles. The molecule has 4 aliphatic rings. The van der Waals surface area contributed by atoms with Gasteiger partial charge in [-0.15, -0.1) is 0 Å². The molecule has 7 rings (SSSR count). The quantitative estimate of drug-likeness (QED) is 0.330. The number of nitriles is 1. The molecule has 1 aliphatic carbocycles. The van der Waals surface area contributed by atoms with E-state index in [1.165, 1.54) is 18.9 Å². The molecule has 10 heteroatoms. The van der Waals surface area contributed by atoms with Gasteiger partial charge in [-0.25, -0.2) is 0 Å². The normalized spacial score (nSPS) is 21.2. The van der Waals surface area contributed by atoms with E-state index in [0.717, 1.165) is 77.5 Å². The maximum absolute atomic E-state index is 12.6. The molecule has 9 nitrogen and oxygen atoms in total. The van der Waals surface area contributed by atoms with Gasteiger partial charge in [0.15, 0.2) is 0 Å². The Balaban J connectivity index is 1.22. The maximum atomic E-state index is 12.6. The van der Waals surface area contributed by atoms with Crippen LogP contribution in [0.5, 0.6) is 6.01 Å². The molecular weight excluding hydrogens is 574 g/mol. The summed E-state index contributed by atoms with van der Waals surface area (Å²) in [5.41, 5.74) is 3.27. The summed E-state index contributed by atoms with van der Waals surface area (Å²) in [5.74, 6) is 0.722. The topological polar surface area (TPSA) is 88.8 Å². The van der Waals surface area contributed by atoms with Crippen molar-refractivity contribution in [2.45, 2.75) is 56.7 Å². The third kappa shape index (κ3) is 5.35. The fourth-order valence-corrected chi connectivity index (χ4v) is 7.56. The van der Waals surface area contributed by atoms with Crippen molar-refractivity contribution >= 4 is 39.8 Å². The van der Waals surface area contributed by atoms with Crippen LogP contribution in [0.3, 0.4) is 0 Å². The largest absolute Gasteiger partial charge is 0.461 e. The number of nitrogens with zero attached hydrogens (tertiary/aromatic N) is 7. The van der Waals surface area contributed by atoms with Gasteiger partial charge in [0.2, 0.25) is 5.91 Å². The lowest BCUT2D eigenvalue weighted by molar-refractivity contribution is -0.128. The lowest BCUT2D eigenvalue weighted by Gasteiger charge is -2.42. The molecule has 0 unspecified atom stereocenters. The van der Waals surface area contributed by atoms with E-state index in [2.05, 4.69) is 51.6 Å². The molecule has 1 aromatic heterocycles. The highest BCUT2D eigenvalue weighted by Gasteiger charge is 2.49. The molecule has 0 spiro atoms. The Bertz CT molecular complexity index is 1620. The average molecular weight is 612 g/mol. The number of hydrogen-bond acceptors (Lipinski definition) is 8. The van der Waals surface area contributed by atoms with Crippen molar-refractivity contribution in [3.8, 4) is 12.1 Å². The number of likely N-dealkylation sites (tertiary alicyclic amines) is 1. The second kappa shape index (κ2) is 11.9. The number of rotatable bonds is 8. The standard InChI is InChI=1S/C34H38ClN7O2/c1-2-30(43)42-20-19-40(21-25(42)11-15-36)32-26-12-18-39(29-10-6-8-24-7-5-9-27(35)31(24)29)22-28(26)37-33(38-32)44-23-34(13-14-34)41-16-3-4-17-41/h2,5-10,25H,1,3-4,11-14,16-23H2/t25-/m0/s1. The van der Waals surface area contributed by atoms with E-state index < -0.39 is 0 Å². The lowest BCUT2D eigenvalue weighted by atomic mass is 10.0. The molecule has 4 heterocycles. The van der Waals surface area contributed by atoms with Crippen molar-refractivity contribution in [2.24, 2.45) is 0 Å². The summed E-state index contributed by atoms with van der Waals surface area (Å²) in [6.07, 6.45) is 7.14. The number of aromatic nitrogens is 2. The van der Waals surface area contributed by atoms with E-state index in [0.29, 0.717) is 38.8 Å². The van der Waals surface area contributed by atoms with Gasteiger partial charge >= 0.3 is 6.01 Å². The molecule has 0 radical (unpaired) electrons. The smallest absolute Gasteiger partial charge is 0.318 e. The van der Waals surface area contributed by atoms with Gasteiger partial charge < -0.3 is 19.4 Å². The highest BCUT2D eigenvalue weighted by atomic mass is 35.5. The van der Waals surface area contributed by atoms with Crippen LogP contribution >= 0.6 is 11.6 Å². The van der Waals surface area contributed by atoms with Crippen LogP contribution in [-0.4, -0.2) is 83.1 Å². The molecule has 1 saturated carbocycles. The van der Waals surface area contributed by atoms with E-state index in [9.17, 15) is 10.1 Å². The number of carbonyl (C=O) groups excluding carboxylic acids is 1. The molecular formula is C34H38ClN7O2. The van der Waals surface area contributed by atoms with Gasteiger partial charge in [-0.1, -0.05) is 42.4 Å². The summed E-state index contributed by atoms with van der Waals surface area (Å²) in [7, 11) is 0. The predicted octanol–water partition coefficient (Wildman–Crippen LogP) is 4.97. The van der Waals surface area contributed by atoms with Crippen LogP contribution in [0, 0.1) is 11.3 Å². The molecule has 3 fully saturated rings. The summed E-state index contributed by atoms with van der Waals surface area (Å²) in [6, 6.07) is 14.8. The second-order valence-electron chi connectivity index (χ2n) is 12.4. The van der Waals surface area contributed by atoms with Crippen LogP contribution in [0.25, 0.3) is 10.8 Å². The Kier molecular flexibility index (Phi) is 7.81. The molecule has 0 bridgehead atoms. The molecule has 3 aromatic rings. The number of fused-ring (bicyclic) bond motifs is 2. The van der Waals surface area contributed by atoms with Gasteiger partial charge in [0.25, 0.3) is 0 Å². The minimum atomic E-state index is -0.239. The van der Waals surface area contributed by atoms with Gasteiger partial charge in [0.05, 0.1) is 41.3 Å². The molecule has 2 aromatic carbocycles. The van der Waals surface area contributed by atoms with Crippen molar-refractivity contribution in [2.75, 3.05) is 55.7 Å². The minimum absolute atomic E-state index is 0.107. The zero-order valence-electron chi connectivity index (χ0n) is 25.1. The van der Waals surface area contributed by atoms with Crippen molar-refractivity contribution in [1.29, 1.82) is 5.26 Å². The molecule has 0 N–H and O–H groups in total. The van der Waals surface area contributed by atoms with Crippen molar-refractivity contribution in [3.63, 3.8) is 0 Å². The Morgan fingerprint density at radius 3 is 2.64 bits per heavy atom. The van der Waals surface area contributed by atoms with E-state index in [-0.39, 0.29) is 23.9 Å². The maximum Gasteiger partial charge on any atom is 0.318 e. The van der Waals surface area contributed by atoms with Crippen LogP contribution in [0.2, 0.25) is 5.02 Å². The van der Waals surface area contributed by atoms with E-state index in [1.807, 2.05) is 12.1 Å². The van der Waals surface area contributed by atoms with Crippen molar-refractivity contribution in [3.05, 3.63) is 65.3 Å². The van der Waals surface area contributed by atoms with Gasteiger partial charge in [0.1, 0.15) is 12.4 Å². The summed E-state index contributed by atoms with van der Waals surface area (Å²) < 4.78 is 6.46. The highest BCUT2D eigenvalue weighted by Crippen LogP contribution is 2.44. The fraction of sp³-hybridized carbons (Fsp3) is 0.471. The van der Waals surface area contributed by atoms with Crippen LogP contribution in [0.1, 0.15) is 43.4 Å². The number of hydrogen-bond donors (Lipinski definition) is 0. The summed E-state index contributed by atoms with van der Waals surface area (Å²) >= 11 is 6.72. The second-order valence-corrected chi connectivity index (χ2v) is 12.9. The minimum Gasteiger partial charge on any atom is -0.461 e. The van der Waals surface area contributed by atoms with Gasteiger partial charge in [0, 0.05) is 42.8 Å². The number of carbonyl (C=O) groups is 1. The first-order valence-corrected chi connectivity index (χ1v) is 16.1. The summed E-state index contributed by atoms with van der Waals surface area (Å²) in [6.45, 7) is 9.58. The van der Waals surface area contributed by atoms with E-state index in [1.54, 1.807) is 4.90 Å². The monoisotopic (exact) mass is 611 g/mol. The van der Waals surface area contributed by atoms with Crippen LogP contribution in [0.4, 0.5) is 11.5 Å². The first kappa shape index (κ1) is 28.9. The van der Waals surface area contributed by atoms with E-state index in [4.69, 9.17) is 26.3 Å². The lowest BCUT2D eigenvalue weighted by Crippen LogP contribution is -2.55. The molecule has 1 amide bonds. The number of amides is 1. The summed E-state index contributed by atoms with van der Waals surface area (Å²) in [4.78, 5) is 31.6. The first-order valence-electron chi connectivity index (χ1n) is 15.7. The van der Waals surface area contributed by atoms with Gasteiger partial charge in [-0.3, -0.25) is 9.69 Å². The van der Waals surface area contributed by atoms with Crippen LogP contribution < -0.4 is 14.5 Å². The number of benzene rings is 2. The zero-order valence-corrected chi connectivity index (χ0v) is 25.8. The van der Waals surface area contributed by atoms with Gasteiger partial charge in [-0.05, 0) is 68.8 Å². The number of halogens is 1. The molecule has 3 aliphatic heterocycles. The SMILES string of the molecule is C=CC(=O)N1CCN(c2nc(OCC3(N4CCCC4)CC3)nc3c2CCN(c2cccc4cccc(Cl)c24)C3)C[C@@H]1CC#N. The third-order valence-electron chi connectivity index (χ3n) is 9.84. The van der Waals surface area contributed by atoms with Crippen LogP contribution in [-0.2, 0) is 17.8 Å². The van der Waals surface area contributed by atoms with Crippen molar-refractivity contribution < 1.29 is 9.53 Å².